The summed E-state index contributed by atoms with van der Waals surface area (Å²) in [7, 11) is 1.89. The van der Waals surface area contributed by atoms with Gasteiger partial charge in [-0.1, -0.05) is 24.3 Å². The molecule has 1 rings (SSSR count). The van der Waals surface area contributed by atoms with Crippen molar-refractivity contribution in [2.75, 3.05) is 13.6 Å². The van der Waals surface area contributed by atoms with Gasteiger partial charge in [-0.2, -0.15) is 0 Å². The lowest BCUT2D eigenvalue weighted by Gasteiger charge is -2.26. The van der Waals surface area contributed by atoms with Crippen LogP contribution < -0.4 is 10.6 Å². The standard InChI is InChI=1S/C15H24N2O.ClH/c1-11-8-6-7-9-13(11)15(3,4)14(18)17-10-12(2)16-5;/h6-9,12,16H,10H2,1-5H3,(H,17,18);1H. The number of carbonyl (C=O) groups is 1. The van der Waals surface area contributed by atoms with E-state index in [1.54, 1.807) is 0 Å². The van der Waals surface area contributed by atoms with Gasteiger partial charge in [0, 0.05) is 12.6 Å². The molecule has 19 heavy (non-hydrogen) atoms. The van der Waals surface area contributed by atoms with Gasteiger partial charge in [-0.05, 0) is 45.9 Å². The second kappa shape index (κ2) is 7.51. The van der Waals surface area contributed by atoms with Crippen LogP contribution in [0.15, 0.2) is 24.3 Å². The van der Waals surface area contributed by atoms with Crippen LogP contribution in [0.25, 0.3) is 0 Å². The first-order chi connectivity index (χ1) is 8.39. The first-order valence-corrected chi connectivity index (χ1v) is 6.41. The number of halogens is 1. The zero-order valence-electron chi connectivity index (χ0n) is 12.4. The Kier molecular flexibility index (Phi) is 7.09. The van der Waals surface area contributed by atoms with E-state index in [4.69, 9.17) is 0 Å². The van der Waals surface area contributed by atoms with Gasteiger partial charge < -0.3 is 10.6 Å². The summed E-state index contributed by atoms with van der Waals surface area (Å²) in [6.45, 7) is 8.66. The number of amides is 1. The molecule has 0 saturated heterocycles. The molecule has 1 aromatic carbocycles. The van der Waals surface area contributed by atoms with Crippen LogP contribution in [0, 0.1) is 6.92 Å². The molecule has 0 saturated carbocycles. The summed E-state index contributed by atoms with van der Waals surface area (Å²) < 4.78 is 0. The molecule has 0 aliphatic rings. The summed E-state index contributed by atoms with van der Waals surface area (Å²) >= 11 is 0. The van der Waals surface area contributed by atoms with Gasteiger partial charge in [0.15, 0.2) is 0 Å². The van der Waals surface area contributed by atoms with Crippen LogP contribution in [0.5, 0.6) is 0 Å². The number of benzene rings is 1. The van der Waals surface area contributed by atoms with Crippen molar-refractivity contribution in [1.29, 1.82) is 0 Å². The summed E-state index contributed by atoms with van der Waals surface area (Å²) in [5, 5.41) is 6.11. The van der Waals surface area contributed by atoms with Crippen LogP contribution in [0.4, 0.5) is 0 Å². The van der Waals surface area contributed by atoms with Crippen LogP contribution in [-0.4, -0.2) is 25.5 Å². The van der Waals surface area contributed by atoms with Gasteiger partial charge >= 0.3 is 0 Å². The van der Waals surface area contributed by atoms with Crippen LogP contribution in [0.3, 0.4) is 0 Å². The van der Waals surface area contributed by atoms with Gasteiger partial charge in [0.05, 0.1) is 5.41 Å². The molecule has 0 bridgehead atoms. The highest BCUT2D eigenvalue weighted by atomic mass is 35.5. The monoisotopic (exact) mass is 284 g/mol. The van der Waals surface area contributed by atoms with Gasteiger partial charge in [0.1, 0.15) is 0 Å². The van der Waals surface area contributed by atoms with E-state index in [0.29, 0.717) is 6.54 Å². The molecule has 0 aromatic heterocycles. The maximum absolute atomic E-state index is 12.3. The third kappa shape index (κ3) is 4.51. The van der Waals surface area contributed by atoms with Crippen molar-refractivity contribution >= 4 is 18.3 Å². The fraction of sp³-hybridized carbons (Fsp3) is 0.533. The van der Waals surface area contributed by atoms with E-state index in [2.05, 4.69) is 10.6 Å². The lowest BCUT2D eigenvalue weighted by molar-refractivity contribution is -0.125. The number of carbonyl (C=O) groups excluding carboxylic acids is 1. The molecule has 0 fully saturated rings. The van der Waals surface area contributed by atoms with Crippen molar-refractivity contribution in [2.24, 2.45) is 0 Å². The summed E-state index contributed by atoms with van der Waals surface area (Å²) in [6, 6.07) is 8.32. The number of hydrogen-bond donors (Lipinski definition) is 2. The van der Waals surface area contributed by atoms with Gasteiger partial charge in [0.25, 0.3) is 0 Å². The highest BCUT2D eigenvalue weighted by molar-refractivity contribution is 5.87. The average molecular weight is 285 g/mol. The van der Waals surface area contributed by atoms with Gasteiger partial charge in [-0.3, -0.25) is 4.79 Å². The molecule has 4 heteroatoms. The highest BCUT2D eigenvalue weighted by Crippen LogP contribution is 2.26. The fourth-order valence-electron chi connectivity index (χ4n) is 1.97. The molecule has 3 nitrogen and oxygen atoms in total. The normalized spacial score (nSPS) is 12.5. The molecule has 108 valence electrons. The molecule has 0 heterocycles. The largest absolute Gasteiger partial charge is 0.354 e. The third-order valence-corrected chi connectivity index (χ3v) is 3.45. The Morgan fingerprint density at radius 2 is 1.89 bits per heavy atom. The summed E-state index contributed by atoms with van der Waals surface area (Å²) in [4.78, 5) is 12.3. The SMILES string of the molecule is CNC(C)CNC(=O)C(C)(C)c1ccccc1C.Cl. The lowest BCUT2D eigenvalue weighted by atomic mass is 9.81. The molecule has 1 atom stereocenters. The van der Waals surface area contributed by atoms with E-state index in [1.165, 1.54) is 0 Å². The summed E-state index contributed by atoms with van der Waals surface area (Å²) in [5.74, 6) is 0.0684. The maximum atomic E-state index is 12.3. The second-order valence-electron chi connectivity index (χ2n) is 5.34. The Balaban J connectivity index is 0.00000324. The molecular weight excluding hydrogens is 260 g/mol. The summed E-state index contributed by atoms with van der Waals surface area (Å²) in [6.07, 6.45) is 0. The van der Waals surface area contributed by atoms with Crippen molar-refractivity contribution < 1.29 is 4.79 Å². The van der Waals surface area contributed by atoms with E-state index in [0.717, 1.165) is 11.1 Å². The van der Waals surface area contributed by atoms with E-state index >= 15 is 0 Å². The number of hydrogen-bond acceptors (Lipinski definition) is 2. The second-order valence-corrected chi connectivity index (χ2v) is 5.34. The molecular formula is C15H25ClN2O. The van der Waals surface area contributed by atoms with Crippen LogP contribution in [-0.2, 0) is 10.2 Å². The Bertz CT molecular complexity index is 418. The predicted molar refractivity (Wildman–Crippen MR) is 83.0 cm³/mol. The van der Waals surface area contributed by atoms with E-state index in [-0.39, 0.29) is 24.4 Å². The number of aryl methyl sites for hydroxylation is 1. The van der Waals surface area contributed by atoms with E-state index in [9.17, 15) is 4.79 Å². The fourth-order valence-corrected chi connectivity index (χ4v) is 1.97. The first-order valence-electron chi connectivity index (χ1n) is 6.41. The van der Waals surface area contributed by atoms with Crippen molar-refractivity contribution in [1.82, 2.24) is 10.6 Å². The Morgan fingerprint density at radius 1 is 1.32 bits per heavy atom. The molecule has 2 N–H and O–H groups in total. The molecule has 0 aliphatic heterocycles. The average Bonchev–Trinajstić information content (AvgIpc) is 2.35. The zero-order chi connectivity index (χ0) is 13.8. The van der Waals surface area contributed by atoms with Crippen molar-refractivity contribution in [2.45, 2.75) is 39.2 Å². The summed E-state index contributed by atoms with van der Waals surface area (Å²) in [5.41, 5.74) is 1.73. The number of rotatable bonds is 5. The van der Waals surface area contributed by atoms with Crippen molar-refractivity contribution in [3.63, 3.8) is 0 Å². The Labute approximate surface area is 122 Å². The van der Waals surface area contributed by atoms with Crippen LogP contribution >= 0.6 is 12.4 Å². The molecule has 0 spiro atoms. The van der Waals surface area contributed by atoms with Crippen LogP contribution in [0.2, 0.25) is 0 Å². The smallest absolute Gasteiger partial charge is 0.230 e. The molecule has 0 radical (unpaired) electrons. The minimum Gasteiger partial charge on any atom is -0.354 e. The predicted octanol–water partition coefficient (Wildman–Crippen LogP) is 2.42. The van der Waals surface area contributed by atoms with Crippen LogP contribution in [0.1, 0.15) is 31.9 Å². The topological polar surface area (TPSA) is 41.1 Å². The molecule has 1 aromatic rings. The van der Waals surface area contributed by atoms with E-state index < -0.39 is 5.41 Å². The number of likely N-dealkylation sites (N-methyl/N-ethyl adjacent to an activating group) is 1. The quantitative estimate of drug-likeness (QED) is 0.872. The Hall–Kier alpha value is -1.06. The maximum Gasteiger partial charge on any atom is 0.230 e. The number of nitrogens with one attached hydrogen (secondary N) is 2. The van der Waals surface area contributed by atoms with Gasteiger partial charge in [-0.15, -0.1) is 12.4 Å². The minimum absolute atomic E-state index is 0. The Morgan fingerprint density at radius 3 is 2.42 bits per heavy atom. The molecule has 1 amide bonds. The van der Waals surface area contributed by atoms with Crippen molar-refractivity contribution in [3.8, 4) is 0 Å². The van der Waals surface area contributed by atoms with Gasteiger partial charge in [-0.25, -0.2) is 0 Å². The zero-order valence-corrected chi connectivity index (χ0v) is 13.2. The first kappa shape index (κ1) is 17.9. The molecule has 0 aliphatic carbocycles. The third-order valence-electron chi connectivity index (χ3n) is 3.45. The van der Waals surface area contributed by atoms with Gasteiger partial charge in [0.2, 0.25) is 5.91 Å². The highest BCUT2D eigenvalue weighted by Gasteiger charge is 2.30. The lowest BCUT2D eigenvalue weighted by Crippen LogP contribution is -2.45. The molecule has 1 unspecified atom stereocenters. The van der Waals surface area contributed by atoms with Crippen molar-refractivity contribution in [3.05, 3.63) is 35.4 Å². The van der Waals surface area contributed by atoms with E-state index in [1.807, 2.05) is 59.0 Å². The minimum atomic E-state index is -0.501.